The molecule has 1 fully saturated rings. The topological polar surface area (TPSA) is 38.8 Å². The average Bonchev–Trinajstić information content (AvgIpc) is 3.16. The van der Waals surface area contributed by atoms with Crippen molar-refractivity contribution in [2.45, 2.75) is 6.04 Å². The van der Waals surface area contributed by atoms with Gasteiger partial charge in [0.05, 0.1) is 6.04 Å². The van der Waals surface area contributed by atoms with Crippen molar-refractivity contribution in [1.82, 2.24) is 15.1 Å². The molecule has 1 N–H and O–H groups in total. The van der Waals surface area contributed by atoms with E-state index in [0.717, 1.165) is 23.8 Å². The molecule has 0 radical (unpaired) electrons. The van der Waals surface area contributed by atoms with Gasteiger partial charge in [0.2, 0.25) is 0 Å². The molecule has 1 aliphatic heterocycles. The number of urea groups is 1. The van der Waals surface area contributed by atoms with Gasteiger partial charge in [-0.05, 0) is 43.7 Å². The molecular formula is C19H25ClN4OS. The van der Waals surface area contributed by atoms with Gasteiger partial charge in [-0.15, -0.1) is 11.3 Å². The van der Waals surface area contributed by atoms with Gasteiger partial charge in [-0.1, -0.05) is 23.7 Å². The van der Waals surface area contributed by atoms with Gasteiger partial charge in [-0.3, -0.25) is 0 Å². The van der Waals surface area contributed by atoms with Crippen molar-refractivity contribution >= 4 is 34.7 Å². The van der Waals surface area contributed by atoms with Gasteiger partial charge in [-0.2, -0.15) is 0 Å². The number of benzene rings is 1. The Bertz CT molecular complexity index is 714. The van der Waals surface area contributed by atoms with Crippen LogP contribution in [0.3, 0.4) is 0 Å². The number of nitrogens with zero attached hydrogens (tertiary/aromatic N) is 3. The summed E-state index contributed by atoms with van der Waals surface area (Å²) in [5.41, 5.74) is 1.11. The second kappa shape index (κ2) is 8.75. The Balaban J connectivity index is 1.50. The maximum atomic E-state index is 12.6. The van der Waals surface area contributed by atoms with Crippen molar-refractivity contribution in [3.05, 3.63) is 51.7 Å². The van der Waals surface area contributed by atoms with E-state index in [-0.39, 0.29) is 12.1 Å². The molecule has 1 aliphatic rings. The highest BCUT2D eigenvalue weighted by Crippen LogP contribution is 2.23. The number of thiophene rings is 1. The number of carbonyl (C=O) groups excluding carboxylic acids is 1. The van der Waals surface area contributed by atoms with Crippen molar-refractivity contribution in [3.63, 3.8) is 0 Å². The van der Waals surface area contributed by atoms with Gasteiger partial charge in [0, 0.05) is 48.3 Å². The lowest BCUT2D eigenvalue weighted by molar-refractivity contribution is 0.189. The first-order chi connectivity index (χ1) is 12.5. The van der Waals surface area contributed by atoms with Crippen molar-refractivity contribution < 1.29 is 4.79 Å². The largest absolute Gasteiger partial charge is 0.368 e. The minimum atomic E-state index is 0.0131. The van der Waals surface area contributed by atoms with Crippen LogP contribution in [0.15, 0.2) is 41.8 Å². The lowest BCUT2D eigenvalue weighted by atomic mass is 10.2. The second-order valence-electron chi connectivity index (χ2n) is 6.63. The minimum absolute atomic E-state index is 0.0131. The first-order valence-electron chi connectivity index (χ1n) is 8.77. The number of halogens is 1. The van der Waals surface area contributed by atoms with Crippen molar-refractivity contribution in [3.8, 4) is 0 Å². The number of anilines is 1. The van der Waals surface area contributed by atoms with Gasteiger partial charge in [0.1, 0.15) is 0 Å². The summed E-state index contributed by atoms with van der Waals surface area (Å²) in [5, 5.41) is 5.91. The predicted octanol–water partition coefficient (Wildman–Crippen LogP) is 3.54. The maximum absolute atomic E-state index is 12.6. The molecule has 1 saturated heterocycles. The number of hydrogen-bond acceptors (Lipinski definition) is 4. The summed E-state index contributed by atoms with van der Waals surface area (Å²) in [7, 11) is 4.08. The van der Waals surface area contributed by atoms with Crippen LogP contribution in [0.25, 0.3) is 0 Å². The SMILES string of the molecule is CN(C)C(CNC(=O)N1CCN(c2cccc(Cl)c2)CC1)c1cccs1. The van der Waals surface area contributed by atoms with Crippen LogP contribution < -0.4 is 10.2 Å². The van der Waals surface area contributed by atoms with E-state index < -0.39 is 0 Å². The number of carbonyl (C=O) groups is 1. The molecule has 3 rings (SSSR count). The van der Waals surface area contributed by atoms with Gasteiger partial charge in [0.15, 0.2) is 0 Å². The number of piperazine rings is 1. The van der Waals surface area contributed by atoms with Gasteiger partial charge < -0.3 is 20.0 Å². The van der Waals surface area contributed by atoms with E-state index in [1.165, 1.54) is 4.88 Å². The highest BCUT2D eigenvalue weighted by molar-refractivity contribution is 7.10. The molecule has 2 amide bonds. The molecule has 140 valence electrons. The van der Waals surface area contributed by atoms with E-state index in [2.05, 4.69) is 32.6 Å². The monoisotopic (exact) mass is 392 g/mol. The van der Waals surface area contributed by atoms with E-state index in [9.17, 15) is 4.79 Å². The van der Waals surface area contributed by atoms with Gasteiger partial charge in [-0.25, -0.2) is 4.79 Å². The van der Waals surface area contributed by atoms with E-state index in [0.29, 0.717) is 19.6 Å². The Labute approximate surface area is 164 Å². The lowest BCUT2D eigenvalue weighted by Gasteiger charge is -2.36. The first kappa shape index (κ1) is 19.0. The van der Waals surface area contributed by atoms with Crippen LogP contribution in [-0.2, 0) is 0 Å². The molecule has 2 aromatic rings. The summed E-state index contributed by atoms with van der Waals surface area (Å²) in [6.45, 7) is 3.67. The zero-order valence-corrected chi connectivity index (χ0v) is 16.8. The summed E-state index contributed by atoms with van der Waals surface area (Å²) in [5.74, 6) is 0. The Morgan fingerprint density at radius 3 is 2.62 bits per heavy atom. The molecule has 26 heavy (non-hydrogen) atoms. The predicted molar refractivity (Wildman–Crippen MR) is 109 cm³/mol. The number of likely N-dealkylation sites (N-methyl/N-ethyl adjacent to an activating group) is 1. The van der Waals surface area contributed by atoms with E-state index >= 15 is 0 Å². The molecule has 0 aliphatic carbocycles. The number of hydrogen-bond donors (Lipinski definition) is 1. The fourth-order valence-electron chi connectivity index (χ4n) is 3.15. The molecular weight excluding hydrogens is 368 g/mol. The van der Waals surface area contributed by atoms with Crippen LogP contribution >= 0.6 is 22.9 Å². The Hall–Kier alpha value is -1.76. The van der Waals surface area contributed by atoms with Crippen LogP contribution in [0.5, 0.6) is 0 Å². The summed E-state index contributed by atoms with van der Waals surface area (Å²) < 4.78 is 0. The van der Waals surface area contributed by atoms with E-state index in [1.807, 2.05) is 43.3 Å². The quantitative estimate of drug-likeness (QED) is 0.845. The molecule has 5 nitrogen and oxygen atoms in total. The van der Waals surface area contributed by atoms with Crippen LogP contribution in [0, 0.1) is 0 Å². The molecule has 1 aromatic heterocycles. The summed E-state index contributed by atoms with van der Waals surface area (Å²) >= 11 is 7.80. The van der Waals surface area contributed by atoms with Crippen molar-refractivity contribution in [1.29, 1.82) is 0 Å². The fourth-order valence-corrected chi connectivity index (χ4v) is 4.26. The summed E-state index contributed by atoms with van der Waals surface area (Å²) in [6.07, 6.45) is 0. The Kier molecular flexibility index (Phi) is 6.40. The molecule has 0 saturated carbocycles. The molecule has 1 atom stereocenters. The summed E-state index contributed by atoms with van der Waals surface area (Å²) in [4.78, 5) is 20.1. The smallest absolute Gasteiger partial charge is 0.317 e. The molecule has 2 heterocycles. The fraction of sp³-hybridized carbons (Fsp3) is 0.421. The summed E-state index contributed by atoms with van der Waals surface area (Å²) in [6, 6.07) is 12.3. The standard InChI is InChI=1S/C19H25ClN4OS/c1-22(2)17(18-7-4-12-26-18)14-21-19(25)24-10-8-23(9-11-24)16-6-3-5-15(20)13-16/h3-7,12-13,17H,8-11,14H2,1-2H3,(H,21,25). The zero-order valence-electron chi connectivity index (χ0n) is 15.2. The highest BCUT2D eigenvalue weighted by atomic mass is 35.5. The lowest BCUT2D eigenvalue weighted by Crippen LogP contribution is -2.52. The number of rotatable bonds is 5. The molecule has 0 bridgehead atoms. The normalized spacial score (nSPS) is 16.0. The van der Waals surface area contributed by atoms with Crippen LogP contribution in [-0.4, -0.2) is 62.7 Å². The van der Waals surface area contributed by atoms with Crippen molar-refractivity contribution in [2.24, 2.45) is 0 Å². The third-order valence-corrected chi connectivity index (χ3v) is 5.89. The number of amides is 2. The van der Waals surface area contributed by atoms with Gasteiger partial charge in [0.25, 0.3) is 0 Å². The zero-order chi connectivity index (χ0) is 18.5. The number of nitrogens with one attached hydrogen (secondary N) is 1. The average molecular weight is 393 g/mol. The highest BCUT2D eigenvalue weighted by Gasteiger charge is 2.23. The second-order valence-corrected chi connectivity index (χ2v) is 8.05. The van der Waals surface area contributed by atoms with Crippen molar-refractivity contribution in [2.75, 3.05) is 51.7 Å². The van der Waals surface area contributed by atoms with Crippen LogP contribution in [0.1, 0.15) is 10.9 Å². The maximum Gasteiger partial charge on any atom is 0.317 e. The first-order valence-corrected chi connectivity index (χ1v) is 10.0. The molecule has 1 aromatic carbocycles. The third-order valence-electron chi connectivity index (χ3n) is 4.68. The molecule has 7 heteroatoms. The third kappa shape index (κ3) is 4.69. The Morgan fingerprint density at radius 2 is 2.00 bits per heavy atom. The molecule has 0 spiro atoms. The molecule has 1 unspecified atom stereocenters. The van der Waals surface area contributed by atoms with E-state index in [1.54, 1.807) is 11.3 Å². The van der Waals surface area contributed by atoms with Crippen LogP contribution in [0.2, 0.25) is 5.02 Å². The van der Waals surface area contributed by atoms with Gasteiger partial charge >= 0.3 is 6.03 Å². The minimum Gasteiger partial charge on any atom is -0.368 e. The van der Waals surface area contributed by atoms with E-state index in [4.69, 9.17) is 11.6 Å². The Morgan fingerprint density at radius 1 is 1.23 bits per heavy atom. The van der Waals surface area contributed by atoms with Crippen LogP contribution in [0.4, 0.5) is 10.5 Å².